The molecule has 16 heavy (non-hydrogen) atoms. The van der Waals surface area contributed by atoms with Crippen LogP contribution in [0.2, 0.25) is 0 Å². The van der Waals surface area contributed by atoms with Gasteiger partial charge in [-0.1, -0.05) is 0 Å². The molecule has 1 heterocycles. The number of rotatable bonds is 3. The normalized spacial score (nSPS) is 24.2. The number of hydrogen-bond acceptors (Lipinski definition) is 2. The van der Waals surface area contributed by atoms with Crippen LogP contribution < -0.4 is 0 Å². The quantitative estimate of drug-likeness (QED) is 0.781. The van der Waals surface area contributed by atoms with E-state index in [0.717, 1.165) is 4.90 Å². The van der Waals surface area contributed by atoms with E-state index >= 15 is 0 Å². The molecule has 0 aromatic heterocycles. The smallest absolute Gasteiger partial charge is 0.408 e. The van der Waals surface area contributed by atoms with Gasteiger partial charge in [-0.3, -0.25) is 4.90 Å². The molecule has 5 nitrogen and oxygen atoms in total. The lowest BCUT2D eigenvalue weighted by molar-refractivity contribution is -0.148. The molecular formula is C9H11F2NO4. The van der Waals surface area contributed by atoms with E-state index in [4.69, 9.17) is 10.2 Å². The Morgan fingerprint density at radius 2 is 2.00 bits per heavy atom. The molecule has 1 fully saturated rings. The van der Waals surface area contributed by atoms with Gasteiger partial charge in [-0.2, -0.15) is 8.78 Å². The van der Waals surface area contributed by atoms with Gasteiger partial charge in [-0.15, -0.1) is 0 Å². The minimum Gasteiger partial charge on any atom is -0.479 e. The Morgan fingerprint density at radius 1 is 1.38 bits per heavy atom. The van der Waals surface area contributed by atoms with Gasteiger partial charge in [0, 0.05) is 13.0 Å². The van der Waals surface area contributed by atoms with Gasteiger partial charge >= 0.3 is 12.1 Å². The van der Waals surface area contributed by atoms with Crippen LogP contribution in [-0.4, -0.2) is 39.3 Å². The highest BCUT2D eigenvalue weighted by Gasteiger charge is 2.49. The monoisotopic (exact) mass is 235 g/mol. The number of carboxylic acids is 1. The van der Waals surface area contributed by atoms with E-state index in [1.165, 1.54) is 0 Å². The fraction of sp³-hybridized carbons (Fsp3) is 0.556. The average molecular weight is 235 g/mol. The first-order valence-electron chi connectivity index (χ1n) is 4.65. The summed E-state index contributed by atoms with van der Waals surface area (Å²) in [6.45, 7) is 0.0589. The predicted octanol–water partition coefficient (Wildman–Crippen LogP) is 1.75. The van der Waals surface area contributed by atoms with Crippen molar-refractivity contribution in [3.63, 3.8) is 0 Å². The first kappa shape index (κ1) is 12.4. The summed E-state index contributed by atoms with van der Waals surface area (Å²) < 4.78 is 23.9. The zero-order valence-corrected chi connectivity index (χ0v) is 8.32. The highest BCUT2D eigenvalue weighted by atomic mass is 19.3. The number of halogens is 2. The third kappa shape index (κ3) is 2.12. The summed E-state index contributed by atoms with van der Waals surface area (Å²) >= 11 is 0. The first-order valence-corrected chi connectivity index (χ1v) is 4.65. The Balaban J connectivity index is 3.00. The molecule has 7 heteroatoms. The molecule has 1 aliphatic heterocycles. The lowest BCUT2D eigenvalue weighted by atomic mass is 9.92. The molecule has 1 amide bonds. The fourth-order valence-corrected chi connectivity index (χ4v) is 1.93. The van der Waals surface area contributed by atoms with Crippen molar-refractivity contribution in [1.82, 2.24) is 4.90 Å². The van der Waals surface area contributed by atoms with Crippen molar-refractivity contribution in [2.75, 3.05) is 6.54 Å². The maximum Gasteiger partial charge on any atom is 0.408 e. The van der Waals surface area contributed by atoms with E-state index in [9.17, 15) is 18.4 Å². The summed E-state index contributed by atoms with van der Waals surface area (Å²) in [5.74, 6) is -1.38. The van der Waals surface area contributed by atoms with Gasteiger partial charge in [0.2, 0.25) is 0 Å². The Morgan fingerprint density at radius 3 is 2.44 bits per heavy atom. The summed E-state index contributed by atoms with van der Waals surface area (Å²) in [5.41, 5.74) is -1.74. The minimum atomic E-state index is -2.00. The van der Waals surface area contributed by atoms with E-state index in [2.05, 4.69) is 0 Å². The van der Waals surface area contributed by atoms with E-state index in [1.54, 1.807) is 0 Å². The molecular weight excluding hydrogens is 224 g/mol. The lowest BCUT2D eigenvalue weighted by Crippen LogP contribution is -2.52. The molecule has 2 N–H and O–H groups in total. The third-order valence-electron chi connectivity index (χ3n) is 2.71. The second-order valence-corrected chi connectivity index (χ2v) is 3.57. The Labute approximate surface area is 90.0 Å². The van der Waals surface area contributed by atoms with Crippen LogP contribution in [0.25, 0.3) is 0 Å². The Bertz CT molecular complexity index is 340. The van der Waals surface area contributed by atoms with Gasteiger partial charge in [0.15, 0.2) is 0 Å². The SMILES string of the molecule is O=C(O)N1CCCC1(CC=C(F)F)C(=O)O. The van der Waals surface area contributed by atoms with Crippen molar-refractivity contribution in [3.8, 4) is 0 Å². The lowest BCUT2D eigenvalue weighted by Gasteiger charge is -2.31. The van der Waals surface area contributed by atoms with Gasteiger partial charge in [0.25, 0.3) is 6.08 Å². The number of carbonyl (C=O) groups is 2. The highest BCUT2D eigenvalue weighted by Crippen LogP contribution is 2.33. The molecule has 0 bridgehead atoms. The van der Waals surface area contributed by atoms with Gasteiger partial charge < -0.3 is 10.2 Å². The molecule has 1 atom stereocenters. The van der Waals surface area contributed by atoms with Crippen LogP contribution in [0.5, 0.6) is 0 Å². The zero-order valence-electron chi connectivity index (χ0n) is 8.32. The largest absolute Gasteiger partial charge is 0.479 e. The van der Waals surface area contributed by atoms with Gasteiger partial charge in [0.1, 0.15) is 5.54 Å². The molecule has 1 aliphatic rings. The van der Waals surface area contributed by atoms with Gasteiger partial charge in [-0.05, 0) is 18.9 Å². The summed E-state index contributed by atoms with van der Waals surface area (Å²) in [6, 6.07) is 0. The van der Waals surface area contributed by atoms with Crippen LogP contribution in [0.1, 0.15) is 19.3 Å². The molecule has 1 unspecified atom stereocenters. The van der Waals surface area contributed by atoms with E-state index in [1.807, 2.05) is 0 Å². The second-order valence-electron chi connectivity index (χ2n) is 3.57. The molecule has 0 aromatic carbocycles. The summed E-state index contributed by atoms with van der Waals surface area (Å²) in [7, 11) is 0. The molecule has 1 saturated heterocycles. The number of carboxylic acid groups (broad SMARTS) is 2. The maximum absolute atomic E-state index is 12.0. The molecule has 1 rings (SSSR count). The first-order chi connectivity index (χ1) is 7.40. The van der Waals surface area contributed by atoms with Crippen molar-refractivity contribution in [1.29, 1.82) is 0 Å². The molecule has 0 saturated carbocycles. The van der Waals surface area contributed by atoms with Crippen molar-refractivity contribution >= 4 is 12.1 Å². The average Bonchev–Trinajstić information content (AvgIpc) is 2.59. The van der Waals surface area contributed by atoms with Crippen LogP contribution in [0.15, 0.2) is 12.2 Å². The highest BCUT2D eigenvalue weighted by molar-refractivity contribution is 5.84. The van der Waals surface area contributed by atoms with Crippen LogP contribution in [0.3, 0.4) is 0 Å². The standard InChI is InChI=1S/C9H11F2NO4/c10-6(11)2-4-9(7(13)14)3-1-5-12(9)8(15)16/h2H,1,3-5H2,(H,13,14)(H,15,16). The van der Waals surface area contributed by atoms with Crippen LogP contribution in [-0.2, 0) is 4.79 Å². The molecule has 90 valence electrons. The molecule has 0 aromatic rings. The summed E-state index contributed by atoms with van der Waals surface area (Å²) in [6.07, 6.45) is -3.03. The summed E-state index contributed by atoms with van der Waals surface area (Å²) in [4.78, 5) is 22.6. The fourth-order valence-electron chi connectivity index (χ4n) is 1.93. The molecule has 0 radical (unpaired) electrons. The minimum absolute atomic E-state index is 0.0540. The van der Waals surface area contributed by atoms with Crippen LogP contribution in [0.4, 0.5) is 13.6 Å². The van der Waals surface area contributed by atoms with Crippen LogP contribution in [0, 0.1) is 0 Å². The number of hydrogen-bond donors (Lipinski definition) is 2. The number of aliphatic carboxylic acids is 1. The maximum atomic E-state index is 12.0. The van der Waals surface area contributed by atoms with E-state index in [-0.39, 0.29) is 13.0 Å². The number of likely N-dealkylation sites (tertiary alicyclic amines) is 1. The number of amides is 1. The topological polar surface area (TPSA) is 77.8 Å². The zero-order chi connectivity index (χ0) is 12.3. The van der Waals surface area contributed by atoms with Crippen molar-refractivity contribution in [3.05, 3.63) is 12.2 Å². The van der Waals surface area contributed by atoms with Crippen molar-refractivity contribution < 1.29 is 28.6 Å². The van der Waals surface area contributed by atoms with Gasteiger partial charge in [-0.25, -0.2) is 9.59 Å². The second kappa shape index (κ2) is 4.46. The molecule has 0 spiro atoms. The molecule has 0 aliphatic carbocycles. The predicted molar refractivity (Wildman–Crippen MR) is 49.2 cm³/mol. The van der Waals surface area contributed by atoms with Crippen LogP contribution >= 0.6 is 0 Å². The van der Waals surface area contributed by atoms with Crippen molar-refractivity contribution in [2.24, 2.45) is 0 Å². The third-order valence-corrected chi connectivity index (χ3v) is 2.71. The van der Waals surface area contributed by atoms with E-state index < -0.39 is 30.1 Å². The van der Waals surface area contributed by atoms with Gasteiger partial charge in [0.05, 0.1) is 0 Å². The van der Waals surface area contributed by atoms with E-state index in [0.29, 0.717) is 12.5 Å². The Kier molecular flexibility index (Phi) is 3.46. The summed E-state index contributed by atoms with van der Waals surface area (Å²) in [5, 5.41) is 17.8. The number of nitrogens with zero attached hydrogens (tertiary/aromatic N) is 1. The Hall–Kier alpha value is -1.66. The van der Waals surface area contributed by atoms with Crippen molar-refractivity contribution in [2.45, 2.75) is 24.8 Å².